The molecule has 1 atom stereocenters. The Kier molecular flexibility index (Phi) is 6.11. The molecule has 0 spiro atoms. The zero-order valence-corrected chi connectivity index (χ0v) is 16.3. The van der Waals surface area contributed by atoms with Crippen LogP contribution in [0.4, 0.5) is 0 Å². The van der Waals surface area contributed by atoms with E-state index in [2.05, 4.69) is 4.98 Å². The number of aliphatic carboxylic acids is 1. The fourth-order valence-electron chi connectivity index (χ4n) is 3.41. The molecule has 8 nitrogen and oxygen atoms in total. The van der Waals surface area contributed by atoms with Crippen molar-refractivity contribution in [3.05, 3.63) is 35.5 Å². The molecule has 1 aromatic heterocycles. The highest BCUT2D eigenvalue weighted by Gasteiger charge is 2.27. The zero-order valence-electron chi connectivity index (χ0n) is 16.3. The van der Waals surface area contributed by atoms with E-state index in [0.29, 0.717) is 37.5 Å². The van der Waals surface area contributed by atoms with E-state index >= 15 is 0 Å². The van der Waals surface area contributed by atoms with E-state index in [1.807, 2.05) is 31.2 Å². The summed E-state index contributed by atoms with van der Waals surface area (Å²) in [5.41, 5.74) is 2.01. The number of aryl methyl sites for hydroxylation is 1. The Labute approximate surface area is 163 Å². The molecule has 2 heterocycles. The molecule has 1 fully saturated rings. The number of amides is 1. The van der Waals surface area contributed by atoms with Gasteiger partial charge in [-0.2, -0.15) is 0 Å². The number of hydrogen-bond donors (Lipinski definition) is 1. The second kappa shape index (κ2) is 8.53. The molecule has 3 rings (SSSR count). The van der Waals surface area contributed by atoms with Gasteiger partial charge in [-0.3, -0.25) is 19.5 Å². The van der Waals surface area contributed by atoms with Crippen molar-refractivity contribution in [2.75, 3.05) is 46.9 Å². The van der Waals surface area contributed by atoms with Crippen LogP contribution < -0.4 is 4.74 Å². The number of carbonyl (C=O) groups is 2. The molecule has 0 bridgehead atoms. The number of ether oxygens (including phenoxy) is 2. The Morgan fingerprint density at radius 1 is 1.39 bits per heavy atom. The number of carbonyl (C=O) groups excluding carboxylic acids is 1. The summed E-state index contributed by atoms with van der Waals surface area (Å²) >= 11 is 0. The molecule has 28 heavy (non-hydrogen) atoms. The molecule has 2 aromatic rings. The Bertz CT molecular complexity index is 886. The van der Waals surface area contributed by atoms with Crippen molar-refractivity contribution in [1.29, 1.82) is 0 Å². The topological polar surface area (TPSA) is 92.2 Å². The van der Waals surface area contributed by atoms with Crippen LogP contribution in [0.2, 0.25) is 0 Å². The van der Waals surface area contributed by atoms with Crippen LogP contribution in [-0.2, 0) is 9.53 Å². The standard InChI is InChI=1S/C20H25N3O5/c1-13-17(8-14-4-5-15(27-3)9-18(14)21-13)20(26)23-6-7-28-16(11-23)10-22(2)12-19(24)25/h4-5,8-9,16H,6-7,10-12H2,1-3H3,(H,24,25). The van der Waals surface area contributed by atoms with E-state index in [0.717, 1.165) is 16.7 Å². The van der Waals surface area contributed by atoms with Gasteiger partial charge < -0.3 is 19.5 Å². The lowest BCUT2D eigenvalue weighted by molar-refractivity contribution is -0.138. The van der Waals surface area contributed by atoms with Gasteiger partial charge in [-0.1, -0.05) is 0 Å². The van der Waals surface area contributed by atoms with Gasteiger partial charge in [0.25, 0.3) is 5.91 Å². The smallest absolute Gasteiger partial charge is 0.317 e. The van der Waals surface area contributed by atoms with Crippen LogP contribution in [-0.4, -0.2) is 84.8 Å². The Balaban J connectivity index is 1.75. The first-order chi connectivity index (χ1) is 13.4. The lowest BCUT2D eigenvalue weighted by atomic mass is 10.1. The monoisotopic (exact) mass is 387 g/mol. The minimum atomic E-state index is -0.888. The minimum absolute atomic E-state index is 0.0645. The van der Waals surface area contributed by atoms with Crippen LogP contribution >= 0.6 is 0 Å². The van der Waals surface area contributed by atoms with Gasteiger partial charge in [-0.15, -0.1) is 0 Å². The number of methoxy groups -OCH3 is 1. The summed E-state index contributed by atoms with van der Waals surface area (Å²) < 4.78 is 10.9. The fraction of sp³-hybridized carbons (Fsp3) is 0.450. The Morgan fingerprint density at radius 3 is 2.89 bits per heavy atom. The first-order valence-corrected chi connectivity index (χ1v) is 9.14. The summed E-state index contributed by atoms with van der Waals surface area (Å²) in [5.74, 6) is -0.252. The molecule has 1 aromatic carbocycles. The zero-order chi connectivity index (χ0) is 20.3. The van der Waals surface area contributed by atoms with Crippen molar-refractivity contribution in [3.63, 3.8) is 0 Å². The number of carboxylic acids is 1. The number of likely N-dealkylation sites (N-methyl/N-ethyl adjacent to an activating group) is 1. The first-order valence-electron chi connectivity index (χ1n) is 9.14. The van der Waals surface area contributed by atoms with Crippen molar-refractivity contribution in [2.45, 2.75) is 13.0 Å². The summed E-state index contributed by atoms with van der Waals surface area (Å²) in [4.78, 5) is 31.9. The Morgan fingerprint density at radius 2 is 2.18 bits per heavy atom. The first kappa shape index (κ1) is 20.0. The SMILES string of the molecule is COc1ccc2cc(C(=O)N3CCOC(CN(C)CC(=O)O)C3)c(C)nc2c1. The molecule has 1 unspecified atom stereocenters. The largest absolute Gasteiger partial charge is 0.497 e. The molecule has 0 radical (unpaired) electrons. The van der Waals surface area contributed by atoms with Crippen molar-refractivity contribution >= 4 is 22.8 Å². The highest BCUT2D eigenvalue weighted by molar-refractivity contribution is 5.98. The maximum atomic E-state index is 13.1. The minimum Gasteiger partial charge on any atom is -0.497 e. The van der Waals surface area contributed by atoms with E-state index in [1.165, 1.54) is 0 Å². The molecule has 1 N–H and O–H groups in total. The number of aromatic nitrogens is 1. The number of nitrogens with zero attached hydrogens (tertiary/aromatic N) is 3. The van der Waals surface area contributed by atoms with Crippen molar-refractivity contribution < 1.29 is 24.2 Å². The molecule has 8 heteroatoms. The van der Waals surface area contributed by atoms with Gasteiger partial charge in [0.2, 0.25) is 0 Å². The van der Waals surface area contributed by atoms with Gasteiger partial charge in [0, 0.05) is 31.1 Å². The van der Waals surface area contributed by atoms with Crippen molar-refractivity contribution in [2.24, 2.45) is 0 Å². The third-order valence-electron chi connectivity index (χ3n) is 4.79. The molecule has 150 valence electrons. The normalized spacial score (nSPS) is 17.1. The maximum absolute atomic E-state index is 13.1. The quantitative estimate of drug-likeness (QED) is 0.801. The second-order valence-corrected chi connectivity index (χ2v) is 7.01. The highest BCUT2D eigenvalue weighted by atomic mass is 16.5. The molecular weight excluding hydrogens is 362 g/mol. The number of fused-ring (bicyclic) bond motifs is 1. The fourth-order valence-corrected chi connectivity index (χ4v) is 3.41. The van der Waals surface area contributed by atoms with Gasteiger partial charge in [0.1, 0.15) is 5.75 Å². The predicted octanol–water partition coefficient (Wildman–Crippen LogP) is 1.41. The van der Waals surface area contributed by atoms with Crippen LogP contribution in [0, 0.1) is 6.92 Å². The van der Waals surface area contributed by atoms with Crippen molar-refractivity contribution in [1.82, 2.24) is 14.8 Å². The number of rotatable bonds is 6. The molecule has 1 amide bonds. The molecular formula is C20H25N3O5. The lowest BCUT2D eigenvalue weighted by Crippen LogP contribution is -2.49. The van der Waals surface area contributed by atoms with Crippen molar-refractivity contribution in [3.8, 4) is 5.75 Å². The average molecular weight is 387 g/mol. The van der Waals surface area contributed by atoms with Gasteiger partial charge in [-0.05, 0) is 32.2 Å². The third kappa shape index (κ3) is 4.58. The molecule has 0 aliphatic carbocycles. The molecule has 1 aliphatic rings. The number of benzene rings is 1. The maximum Gasteiger partial charge on any atom is 0.317 e. The summed E-state index contributed by atoms with van der Waals surface area (Å²) in [6.45, 7) is 3.55. The molecule has 1 aliphatic heterocycles. The molecule has 1 saturated heterocycles. The number of hydrogen-bond acceptors (Lipinski definition) is 6. The van der Waals surface area contributed by atoms with Gasteiger partial charge in [0.15, 0.2) is 0 Å². The van der Waals surface area contributed by atoms with Crippen LogP contribution in [0.3, 0.4) is 0 Å². The van der Waals surface area contributed by atoms with E-state index in [9.17, 15) is 9.59 Å². The van der Waals surface area contributed by atoms with Crippen LogP contribution in [0.15, 0.2) is 24.3 Å². The number of pyridine rings is 1. The van der Waals surface area contributed by atoms with Gasteiger partial charge in [-0.25, -0.2) is 0 Å². The third-order valence-corrected chi connectivity index (χ3v) is 4.79. The average Bonchev–Trinajstić information content (AvgIpc) is 2.66. The van der Waals surface area contributed by atoms with Gasteiger partial charge in [0.05, 0.1) is 43.1 Å². The summed E-state index contributed by atoms with van der Waals surface area (Å²) in [6, 6.07) is 7.44. The second-order valence-electron chi connectivity index (χ2n) is 7.01. The lowest BCUT2D eigenvalue weighted by Gasteiger charge is -2.34. The van der Waals surface area contributed by atoms with Crippen LogP contribution in [0.1, 0.15) is 16.1 Å². The van der Waals surface area contributed by atoms with E-state index in [1.54, 1.807) is 24.0 Å². The van der Waals surface area contributed by atoms with Crippen LogP contribution in [0.5, 0.6) is 5.75 Å². The predicted molar refractivity (Wildman–Crippen MR) is 104 cm³/mol. The highest BCUT2D eigenvalue weighted by Crippen LogP contribution is 2.23. The summed E-state index contributed by atoms with van der Waals surface area (Å²) in [5, 5.41) is 9.77. The van der Waals surface area contributed by atoms with E-state index in [4.69, 9.17) is 14.6 Å². The van der Waals surface area contributed by atoms with Crippen LogP contribution in [0.25, 0.3) is 10.9 Å². The Hall–Kier alpha value is -2.71. The van der Waals surface area contributed by atoms with Gasteiger partial charge >= 0.3 is 5.97 Å². The number of morpholine rings is 1. The summed E-state index contributed by atoms with van der Waals surface area (Å²) in [7, 11) is 3.33. The summed E-state index contributed by atoms with van der Waals surface area (Å²) in [6.07, 6.45) is -0.222. The number of carboxylic acid groups (broad SMARTS) is 1. The molecule has 0 saturated carbocycles. The van der Waals surface area contributed by atoms with E-state index in [-0.39, 0.29) is 18.6 Å². The van der Waals surface area contributed by atoms with E-state index < -0.39 is 5.97 Å².